The summed E-state index contributed by atoms with van der Waals surface area (Å²) >= 11 is 0. The Balaban J connectivity index is 1.78. The van der Waals surface area contributed by atoms with Crippen molar-refractivity contribution < 1.29 is 19.1 Å². The first-order chi connectivity index (χ1) is 14.7. The van der Waals surface area contributed by atoms with Gasteiger partial charge < -0.3 is 9.47 Å². The van der Waals surface area contributed by atoms with Gasteiger partial charge >= 0.3 is 11.9 Å². The first-order valence-electron chi connectivity index (χ1n) is 11.2. The molecule has 4 heteroatoms. The lowest BCUT2D eigenvalue weighted by Crippen LogP contribution is -2.48. The van der Waals surface area contributed by atoms with Gasteiger partial charge in [0.05, 0.1) is 25.0 Å². The molecule has 3 aliphatic carbocycles. The predicted octanol–water partition coefficient (Wildman–Crippen LogP) is 5.20. The molecule has 0 aliphatic heterocycles. The lowest BCUT2D eigenvalue weighted by molar-refractivity contribution is -0.163. The van der Waals surface area contributed by atoms with Gasteiger partial charge in [0, 0.05) is 11.8 Å². The van der Waals surface area contributed by atoms with Crippen molar-refractivity contribution in [3.63, 3.8) is 0 Å². The van der Waals surface area contributed by atoms with E-state index in [1.807, 2.05) is 24.3 Å². The average molecular weight is 407 g/mol. The number of rotatable bonds is 8. The van der Waals surface area contributed by atoms with E-state index < -0.39 is 11.8 Å². The van der Waals surface area contributed by atoms with Gasteiger partial charge in [0.25, 0.3) is 0 Å². The van der Waals surface area contributed by atoms with Gasteiger partial charge in [-0.25, -0.2) is 0 Å². The Morgan fingerprint density at radius 3 is 1.30 bits per heavy atom. The molecular weight excluding hydrogens is 376 g/mol. The number of carbonyl (C=O) groups excluding carboxylic acids is 2. The highest BCUT2D eigenvalue weighted by Gasteiger charge is 2.56. The molecule has 0 unspecified atom stereocenters. The molecular formula is C26H30O4. The fraction of sp³-hybridized carbons (Fsp3) is 0.462. The molecule has 2 aromatic carbocycles. The summed E-state index contributed by atoms with van der Waals surface area (Å²) in [4.78, 5) is 26.6. The highest BCUT2D eigenvalue weighted by Crippen LogP contribution is 2.58. The lowest BCUT2D eigenvalue weighted by Gasteiger charge is -2.48. The highest BCUT2D eigenvalue weighted by molar-refractivity contribution is 5.88. The number of esters is 2. The van der Waals surface area contributed by atoms with Crippen LogP contribution < -0.4 is 0 Å². The highest BCUT2D eigenvalue weighted by atomic mass is 16.5. The maximum Gasteiger partial charge on any atom is 0.310 e. The smallest absolute Gasteiger partial charge is 0.310 e. The minimum atomic E-state index is -0.550. The zero-order chi connectivity index (χ0) is 21.1. The van der Waals surface area contributed by atoms with Crippen LogP contribution in [-0.4, -0.2) is 25.2 Å². The lowest BCUT2D eigenvalue weighted by atomic mass is 9.54. The summed E-state index contributed by atoms with van der Waals surface area (Å²) in [5.41, 5.74) is 4.54. The monoisotopic (exact) mass is 406 g/mol. The predicted molar refractivity (Wildman–Crippen MR) is 115 cm³/mol. The second kappa shape index (κ2) is 9.03. The van der Waals surface area contributed by atoms with Gasteiger partial charge in [0.15, 0.2) is 0 Å². The third-order valence-electron chi connectivity index (χ3n) is 6.47. The molecule has 0 N–H and O–H groups in total. The normalized spacial score (nSPS) is 23.4. The molecule has 0 aromatic heterocycles. The quantitative estimate of drug-likeness (QED) is 0.447. The van der Waals surface area contributed by atoms with Crippen LogP contribution in [0.2, 0.25) is 0 Å². The van der Waals surface area contributed by atoms with Crippen molar-refractivity contribution >= 4 is 11.9 Å². The molecule has 3 aliphatic rings. The number of hydrogen-bond donors (Lipinski definition) is 0. The van der Waals surface area contributed by atoms with Crippen molar-refractivity contribution in [1.29, 1.82) is 0 Å². The van der Waals surface area contributed by atoms with Crippen molar-refractivity contribution in [3.05, 3.63) is 70.8 Å². The molecule has 0 heterocycles. The Morgan fingerprint density at radius 2 is 1.00 bits per heavy atom. The SMILES string of the molecule is CCCCOC(=O)[C@H]1C2c3ccccc3C(c3ccccc32)[C@@H]1C(=O)OCCCC. The van der Waals surface area contributed by atoms with E-state index in [9.17, 15) is 9.59 Å². The van der Waals surface area contributed by atoms with Crippen LogP contribution in [0.4, 0.5) is 0 Å². The molecule has 2 atom stereocenters. The van der Waals surface area contributed by atoms with Crippen LogP contribution in [0.25, 0.3) is 0 Å². The Hall–Kier alpha value is -2.62. The average Bonchev–Trinajstić information content (AvgIpc) is 2.78. The molecule has 0 radical (unpaired) electrons. The molecule has 0 spiro atoms. The van der Waals surface area contributed by atoms with Gasteiger partial charge in [-0.1, -0.05) is 75.2 Å². The first-order valence-corrected chi connectivity index (χ1v) is 11.2. The first kappa shape index (κ1) is 20.6. The van der Waals surface area contributed by atoms with E-state index in [2.05, 4.69) is 38.1 Å². The van der Waals surface area contributed by atoms with E-state index in [1.54, 1.807) is 0 Å². The van der Waals surface area contributed by atoms with E-state index in [0.717, 1.165) is 47.9 Å². The summed E-state index contributed by atoms with van der Waals surface area (Å²) in [5, 5.41) is 0. The van der Waals surface area contributed by atoms with Gasteiger partial charge in [0.1, 0.15) is 0 Å². The molecule has 0 saturated carbocycles. The summed E-state index contributed by atoms with van der Waals surface area (Å²) in [6.07, 6.45) is 3.56. The van der Waals surface area contributed by atoms with E-state index in [0.29, 0.717) is 13.2 Å². The minimum Gasteiger partial charge on any atom is -0.465 e. The van der Waals surface area contributed by atoms with Gasteiger partial charge in [0.2, 0.25) is 0 Å². The molecule has 158 valence electrons. The third-order valence-corrected chi connectivity index (χ3v) is 6.47. The van der Waals surface area contributed by atoms with Crippen molar-refractivity contribution in [1.82, 2.24) is 0 Å². The summed E-state index contributed by atoms with van der Waals surface area (Å²) in [6, 6.07) is 16.4. The number of ether oxygens (including phenoxy) is 2. The van der Waals surface area contributed by atoms with Crippen LogP contribution in [0.3, 0.4) is 0 Å². The van der Waals surface area contributed by atoms with Crippen molar-refractivity contribution in [2.45, 2.75) is 51.4 Å². The van der Waals surface area contributed by atoms with E-state index >= 15 is 0 Å². The number of benzene rings is 2. The Kier molecular flexibility index (Phi) is 6.21. The summed E-state index contributed by atoms with van der Waals surface area (Å²) in [5.74, 6) is -2.02. The van der Waals surface area contributed by atoms with Crippen LogP contribution in [0.5, 0.6) is 0 Å². The Bertz CT molecular complexity index is 797. The van der Waals surface area contributed by atoms with Gasteiger partial charge in [-0.05, 0) is 35.1 Å². The summed E-state index contributed by atoms with van der Waals surface area (Å²) in [7, 11) is 0. The van der Waals surface area contributed by atoms with E-state index in [1.165, 1.54) is 0 Å². The second-order valence-corrected chi connectivity index (χ2v) is 8.31. The van der Waals surface area contributed by atoms with E-state index in [4.69, 9.17) is 9.47 Å². The maximum atomic E-state index is 13.3. The zero-order valence-corrected chi connectivity index (χ0v) is 17.8. The van der Waals surface area contributed by atoms with Crippen LogP contribution in [0.1, 0.15) is 73.6 Å². The van der Waals surface area contributed by atoms with Gasteiger partial charge in [-0.3, -0.25) is 9.59 Å². The zero-order valence-electron chi connectivity index (χ0n) is 17.8. The minimum absolute atomic E-state index is 0.180. The van der Waals surface area contributed by atoms with E-state index in [-0.39, 0.29) is 23.8 Å². The van der Waals surface area contributed by atoms with Crippen molar-refractivity contribution in [2.75, 3.05) is 13.2 Å². The van der Waals surface area contributed by atoms with Crippen LogP contribution in [0, 0.1) is 11.8 Å². The van der Waals surface area contributed by atoms with Crippen LogP contribution in [0.15, 0.2) is 48.5 Å². The Labute approximate surface area is 178 Å². The molecule has 30 heavy (non-hydrogen) atoms. The van der Waals surface area contributed by atoms with Crippen molar-refractivity contribution in [2.24, 2.45) is 11.8 Å². The summed E-state index contributed by atoms with van der Waals surface area (Å²) < 4.78 is 11.3. The standard InChI is InChI=1S/C26H30O4/c1-3-5-15-29-25(27)23-21-17-11-7-9-13-19(17)22(20-14-10-8-12-18(20)21)24(23)26(28)30-16-6-4-2/h7-14,21-24H,3-6,15-16H2,1-2H3/t21?,22?,23-,24-/m0/s1. The maximum absolute atomic E-state index is 13.3. The molecule has 0 saturated heterocycles. The summed E-state index contributed by atoms with van der Waals surface area (Å²) in [6.45, 7) is 4.92. The number of hydrogen-bond acceptors (Lipinski definition) is 4. The number of carbonyl (C=O) groups is 2. The second-order valence-electron chi connectivity index (χ2n) is 8.31. The Morgan fingerprint density at radius 1 is 0.667 bits per heavy atom. The van der Waals surface area contributed by atoms with Crippen LogP contribution in [-0.2, 0) is 19.1 Å². The molecule has 0 amide bonds. The van der Waals surface area contributed by atoms with Gasteiger partial charge in [-0.2, -0.15) is 0 Å². The molecule has 5 rings (SSSR count). The fourth-order valence-corrected chi connectivity index (χ4v) is 5.07. The number of fused-ring (bicyclic) bond motifs is 1. The topological polar surface area (TPSA) is 52.6 Å². The molecule has 2 aromatic rings. The largest absolute Gasteiger partial charge is 0.465 e. The van der Waals surface area contributed by atoms with Crippen molar-refractivity contribution in [3.8, 4) is 0 Å². The number of unbranched alkanes of at least 4 members (excludes halogenated alkanes) is 2. The third kappa shape index (κ3) is 3.53. The van der Waals surface area contributed by atoms with Crippen LogP contribution >= 0.6 is 0 Å². The fourth-order valence-electron chi connectivity index (χ4n) is 5.07. The molecule has 4 nitrogen and oxygen atoms in total. The molecule has 2 bridgehead atoms. The molecule has 0 fully saturated rings. The van der Waals surface area contributed by atoms with Gasteiger partial charge in [-0.15, -0.1) is 0 Å².